The van der Waals surface area contributed by atoms with Crippen LogP contribution in [0.5, 0.6) is 0 Å². The third kappa shape index (κ3) is 2.90. The Morgan fingerprint density at radius 3 is 2.79 bits per heavy atom. The first-order chi connectivity index (χ1) is 6.95. The van der Waals surface area contributed by atoms with Crippen LogP contribution < -0.4 is 0 Å². The second-order valence-corrected chi connectivity index (χ2v) is 4.62. The summed E-state index contributed by atoms with van der Waals surface area (Å²) in [6, 6.07) is 2.19. The number of unbranched alkanes of at least 4 members (excludes halogenated alkanes) is 1. The summed E-state index contributed by atoms with van der Waals surface area (Å²) in [6.45, 7) is 0. The lowest BCUT2D eigenvalue weighted by atomic mass is 9.99. The van der Waals surface area contributed by atoms with Crippen LogP contribution in [-0.4, -0.2) is 4.98 Å². The zero-order chi connectivity index (χ0) is 9.64. The summed E-state index contributed by atoms with van der Waals surface area (Å²) >= 11 is 0. The van der Waals surface area contributed by atoms with Gasteiger partial charge in [0.05, 0.1) is 0 Å². The Hall–Kier alpha value is -0.720. The highest BCUT2D eigenvalue weighted by molar-refractivity contribution is 5.07. The zero-order valence-electron chi connectivity index (χ0n) is 8.97. The molecule has 1 heteroatoms. The first-order valence-corrected chi connectivity index (χ1v) is 6.07. The number of aromatic amines is 1. The number of nitrogens with one attached hydrogen (secondary N) is 1. The van der Waals surface area contributed by atoms with Crippen LogP contribution in [-0.2, 0) is 6.42 Å². The maximum absolute atomic E-state index is 3.11. The molecule has 0 aliphatic heterocycles. The molecule has 0 spiro atoms. The van der Waals surface area contributed by atoms with Crippen molar-refractivity contribution in [3.63, 3.8) is 0 Å². The van der Waals surface area contributed by atoms with Crippen LogP contribution in [0.1, 0.15) is 50.5 Å². The molecule has 0 unspecified atom stereocenters. The molecule has 1 aromatic heterocycles. The minimum Gasteiger partial charge on any atom is -0.367 e. The van der Waals surface area contributed by atoms with Crippen LogP contribution in [0.2, 0.25) is 0 Å². The molecule has 1 nitrogen and oxygen atoms in total. The average Bonchev–Trinajstić information content (AvgIpc) is 2.86. The number of hydrogen-bond donors (Lipinski definition) is 1. The normalized spacial score (nSPS) is 17.7. The van der Waals surface area contributed by atoms with E-state index in [1.807, 2.05) is 6.20 Å². The van der Waals surface area contributed by atoms with Crippen molar-refractivity contribution in [1.29, 1.82) is 0 Å². The maximum Gasteiger partial charge on any atom is 0.00373 e. The molecule has 0 amide bonds. The molecule has 0 aromatic carbocycles. The van der Waals surface area contributed by atoms with E-state index in [0.717, 1.165) is 5.92 Å². The van der Waals surface area contributed by atoms with Crippen molar-refractivity contribution in [3.05, 3.63) is 24.0 Å². The average molecular weight is 191 g/mol. The molecular weight excluding hydrogens is 170 g/mol. The third-order valence-corrected chi connectivity index (χ3v) is 3.46. The lowest BCUT2D eigenvalue weighted by Crippen LogP contribution is -1.93. The van der Waals surface area contributed by atoms with Crippen molar-refractivity contribution in [1.82, 2.24) is 4.98 Å². The van der Waals surface area contributed by atoms with E-state index in [1.54, 1.807) is 0 Å². The quantitative estimate of drug-likeness (QED) is 0.679. The van der Waals surface area contributed by atoms with Gasteiger partial charge in [0.25, 0.3) is 0 Å². The van der Waals surface area contributed by atoms with Crippen LogP contribution >= 0.6 is 0 Å². The van der Waals surface area contributed by atoms with Crippen LogP contribution in [0, 0.1) is 5.92 Å². The number of aromatic nitrogens is 1. The van der Waals surface area contributed by atoms with Crippen LogP contribution in [0.15, 0.2) is 18.5 Å². The molecule has 1 fully saturated rings. The molecule has 1 saturated carbocycles. The molecule has 0 atom stereocenters. The smallest absolute Gasteiger partial charge is 0.00373 e. The van der Waals surface area contributed by atoms with Crippen molar-refractivity contribution >= 4 is 0 Å². The van der Waals surface area contributed by atoms with Gasteiger partial charge < -0.3 is 4.98 Å². The summed E-state index contributed by atoms with van der Waals surface area (Å²) in [5.41, 5.74) is 1.47. The van der Waals surface area contributed by atoms with Gasteiger partial charge >= 0.3 is 0 Å². The topological polar surface area (TPSA) is 15.8 Å². The van der Waals surface area contributed by atoms with E-state index in [-0.39, 0.29) is 0 Å². The fourth-order valence-corrected chi connectivity index (χ4v) is 2.58. The van der Waals surface area contributed by atoms with E-state index >= 15 is 0 Å². The van der Waals surface area contributed by atoms with Crippen molar-refractivity contribution < 1.29 is 0 Å². The van der Waals surface area contributed by atoms with Crippen molar-refractivity contribution in [2.45, 2.75) is 51.4 Å². The van der Waals surface area contributed by atoms with E-state index in [9.17, 15) is 0 Å². The Bertz CT molecular complexity index is 232. The maximum atomic E-state index is 3.11. The van der Waals surface area contributed by atoms with Gasteiger partial charge in [0, 0.05) is 12.4 Å². The molecule has 1 aliphatic rings. The lowest BCUT2D eigenvalue weighted by Gasteiger charge is -2.07. The molecule has 78 valence electrons. The van der Waals surface area contributed by atoms with Gasteiger partial charge in [0.2, 0.25) is 0 Å². The Morgan fingerprint density at radius 1 is 1.21 bits per heavy atom. The fourth-order valence-electron chi connectivity index (χ4n) is 2.58. The summed E-state index contributed by atoms with van der Waals surface area (Å²) < 4.78 is 0. The van der Waals surface area contributed by atoms with Crippen molar-refractivity contribution in [2.24, 2.45) is 5.92 Å². The standard InChI is InChI=1S/C13H21N/c1-2-6-12(5-1)7-3-4-8-13-9-10-14-11-13/h9-12,14H,1-8H2. The Morgan fingerprint density at radius 2 is 2.07 bits per heavy atom. The lowest BCUT2D eigenvalue weighted by molar-refractivity contribution is 0.473. The Labute approximate surface area is 86.9 Å². The van der Waals surface area contributed by atoms with Crippen LogP contribution in [0.4, 0.5) is 0 Å². The van der Waals surface area contributed by atoms with E-state index in [1.165, 1.54) is 56.9 Å². The van der Waals surface area contributed by atoms with Gasteiger partial charge in [-0.25, -0.2) is 0 Å². The largest absolute Gasteiger partial charge is 0.367 e. The predicted molar refractivity (Wildman–Crippen MR) is 60.3 cm³/mol. The predicted octanol–water partition coefficient (Wildman–Crippen LogP) is 3.92. The molecule has 1 aliphatic carbocycles. The minimum absolute atomic E-state index is 1.07. The molecular formula is C13H21N. The minimum atomic E-state index is 1.07. The summed E-state index contributed by atoms with van der Waals surface area (Å²) in [5.74, 6) is 1.07. The zero-order valence-corrected chi connectivity index (χ0v) is 8.97. The SMILES string of the molecule is c1cc(CCCCC2CCCC2)c[nH]1. The molecule has 1 heterocycles. The van der Waals surface area contributed by atoms with Crippen molar-refractivity contribution in [2.75, 3.05) is 0 Å². The first kappa shape index (κ1) is 9.82. The number of aryl methyl sites for hydroxylation is 1. The van der Waals surface area contributed by atoms with E-state index in [4.69, 9.17) is 0 Å². The third-order valence-electron chi connectivity index (χ3n) is 3.46. The second kappa shape index (κ2) is 5.23. The first-order valence-electron chi connectivity index (χ1n) is 6.07. The van der Waals surface area contributed by atoms with Gasteiger partial charge in [-0.05, 0) is 30.4 Å². The van der Waals surface area contributed by atoms with Crippen LogP contribution in [0.25, 0.3) is 0 Å². The molecule has 2 rings (SSSR count). The molecule has 1 aromatic rings. The number of rotatable bonds is 5. The van der Waals surface area contributed by atoms with Gasteiger partial charge in [-0.1, -0.05) is 38.5 Å². The molecule has 0 bridgehead atoms. The molecule has 1 N–H and O–H groups in total. The summed E-state index contributed by atoms with van der Waals surface area (Å²) in [5, 5.41) is 0. The van der Waals surface area contributed by atoms with Gasteiger partial charge in [-0.2, -0.15) is 0 Å². The Balaban J connectivity index is 1.55. The second-order valence-electron chi connectivity index (χ2n) is 4.62. The summed E-state index contributed by atoms with van der Waals surface area (Å²) in [6.07, 6.45) is 15.7. The summed E-state index contributed by atoms with van der Waals surface area (Å²) in [4.78, 5) is 3.11. The highest BCUT2D eigenvalue weighted by Gasteiger charge is 2.13. The molecule has 0 saturated heterocycles. The van der Waals surface area contributed by atoms with Gasteiger partial charge in [0.15, 0.2) is 0 Å². The van der Waals surface area contributed by atoms with Gasteiger partial charge in [-0.3, -0.25) is 0 Å². The Kier molecular flexibility index (Phi) is 3.67. The highest BCUT2D eigenvalue weighted by atomic mass is 14.6. The van der Waals surface area contributed by atoms with E-state index in [2.05, 4.69) is 17.2 Å². The van der Waals surface area contributed by atoms with Gasteiger partial charge in [-0.15, -0.1) is 0 Å². The summed E-state index contributed by atoms with van der Waals surface area (Å²) in [7, 11) is 0. The van der Waals surface area contributed by atoms with E-state index in [0.29, 0.717) is 0 Å². The number of H-pyrrole nitrogens is 1. The van der Waals surface area contributed by atoms with Crippen LogP contribution in [0.3, 0.4) is 0 Å². The molecule has 0 radical (unpaired) electrons. The van der Waals surface area contributed by atoms with Crippen molar-refractivity contribution in [3.8, 4) is 0 Å². The highest BCUT2D eigenvalue weighted by Crippen LogP contribution is 2.29. The fraction of sp³-hybridized carbons (Fsp3) is 0.692. The monoisotopic (exact) mass is 191 g/mol. The van der Waals surface area contributed by atoms with E-state index < -0.39 is 0 Å². The number of hydrogen-bond acceptors (Lipinski definition) is 0. The van der Waals surface area contributed by atoms with Gasteiger partial charge in [0.1, 0.15) is 0 Å². The molecule has 14 heavy (non-hydrogen) atoms.